The highest BCUT2D eigenvalue weighted by atomic mass is 16.2. The predicted octanol–water partition coefficient (Wildman–Crippen LogP) is 0.612. The first-order chi connectivity index (χ1) is 8.09. The predicted molar refractivity (Wildman–Crippen MR) is 64.6 cm³/mol. The molecule has 0 saturated carbocycles. The van der Waals surface area contributed by atoms with Crippen molar-refractivity contribution in [1.82, 2.24) is 14.7 Å². The van der Waals surface area contributed by atoms with Gasteiger partial charge in [-0.1, -0.05) is 0 Å². The van der Waals surface area contributed by atoms with E-state index < -0.39 is 0 Å². The average Bonchev–Trinajstić information content (AvgIpc) is 2.98. The quantitative estimate of drug-likeness (QED) is 0.673. The fraction of sp³-hybridized carbons (Fsp3) is 0.833. The molecule has 5 heteroatoms. The Labute approximate surface area is 102 Å². The van der Waals surface area contributed by atoms with E-state index in [-0.39, 0.29) is 17.9 Å². The number of likely N-dealkylation sites (tertiary alicyclic amines) is 2. The van der Waals surface area contributed by atoms with Crippen molar-refractivity contribution >= 4 is 11.9 Å². The van der Waals surface area contributed by atoms with E-state index in [4.69, 9.17) is 0 Å². The van der Waals surface area contributed by atoms with E-state index in [1.54, 1.807) is 23.9 Å². The number of rotatable bonds is 1. The lowest BCUT2D eigenvalue weighted by Crippen LogP contribution is -2.40. The molecule has 96 valence electrons. The number of nitrogens with zero attached hydrogens (tertiary/aromatic N) is 3. The van der Waals surface area contributed by atoms with Crippen molar-refractivity contribution in [3.8, 4) is 0 Å². The zero-order valence-corrected chi connectivity index (χ0v) is 10.7. The Hall–Kier alpha value is -1.26. The van der Waals surface area contributed by atoms with Crippen molar-refractivity contribution in [3.05, 3.63) is 0 Å². The SMILES string of the molecule is CN(C)C(=O)N1CCC(C(=O)N2CCCC2)C1. The molecule has 0 aromatic heterocycles. The molecule has 3 amide bonds. The van der Waals surface area contributed by atoms with Crippen LogP contribution in [0.4, 0.5) is 4.79 Å². The maximum Gasteiger partial charge on any atom is 0.319 e. The summed E-state index contributed by atoms with van der Waals surface area (Å²) in [6.07, 6.45) is 3.06. The third kappa shape index (κ3) is 2.53. The summed E-state index contributed by atoms with van der Waals surface area (Å²) in [6.45, 7) is 3.10. The summed E-state index contributed by atoms with van der Waals surface area (Å²) in [6, 6.07) is 0.0155. The molecule has 2 fully saturated rings. The third-order valence-electron chi connectivity index (χ3n) is 3.61. The zero-order chi connectivity index (χ0) is 12.4. The molecule has 0 spiro atoms. The van der Waals surface area contributed by atoms with E-state index >= 15 is 0 Å². The Bertz CT molecular complexity index is 311. The molecule has 2 aliphatic heterocycles. The highest BCUT2D eigenvalue weighted by Gasteiger charge is 2.34. The van der Waals surface area contributed by atoms with Gasteiger partial charge in [-0.05, 0) is 19.3 Å². The van der Waals surface area contributed by atoms with Crippen molar-refractivity contribution in [1.29, 1.82) is 0 Å². The van der Waals surface area contributed by atoms with Gasteiger partial charge in [0.15, 0.2) is 0 Å². The standard InChI is InChI=1S/C12H21N3O2/c1-13(2)12(17)15-8-5-10(9-15)11(16)14-6-3-4-7-14/h10H,3-9H2,1-2H3. The summed E-state index contributed by atoms with van der Waals surface area (Å²) in [5, 5.41) is 0. The summed E-state index contributed by atoms with van der Waals surface area (Å²) >= 11 is 0. The molecule has 0 aliphatic carbocycles. The Morgan fingerprint density at radius 3 is 2.29 bits per heavy atom. The van der Waals surface area contributed by atoms with Gasteiger partial charge in [-0.2, -0.15) is 0 Å². The summed E-state index contributed by atoms with van der Waals surface area (Å²) in [5.41, 5.74) is 0. The minimum absolute atomic E-state index is 0.0155. The lowest BCUT2D eigenvalue weighted by Gasteiger charge is -2.22. The molecule has 1 unspecified atom stereocenters. The van der Waals surface area contributed by atoms with E-state index in [9.17, 15) is 9.59 Å². The van der Waals surface area contributed by atoms with Gasteiger partial charge in [0.05, 0.1) is 5.92 Å². The van der Waals surface area contributed by atoms with Gasteiger partial charge in [0.2, 0.25) is 5.91 Å². The van der Waals surface area contributed by atoms with Crippen LogP contribution in [-0.2, 0) is 4.79 Å². The van der Waals surface area contributed by atoms with Gasteiger partial charge in [0.1, 0.15) is 0 Å². The third-order valence-corrected chi connectivity index (χ3v) is 3.61. The lowest BCUT2D eigenvalue weighted by molar-refractivity contribution is -0.133. The molecule has 17 heavy (non-hydrogen) atoms. The summed E-state index contributed by atoms with van der Waals surface area (Å²) < 4.78 is 0. The topological polar surface area (TPSA) is 43.9 Å². The number of carbonyl (C=O) groups is 2. The Balaban J connectivity index is 1.89. The maximum atomic E-state index is 12.2. The number of hydrogen-bond acceptors (Lipinski definition) is 2. The highest BCUT2D eigenvalue weighted by molar-refractivity contribution is 5.81. The first kappa shape index (κ1) is 12.2. The van der Waals surface area contributed by atoms with Crippen LogP contribution in [0.2, 0.25) is 0 Å². The zero-order valence-electron chi connectivity index (χ0n) is 10.7. The smallest absolute Gasteiger partial charge is 0.319 e. The van der Waals surface area contributed by atoms with Gasteiger partial charge in [-0.3, -0.25) is 4.79 Å². The molecule has 0 radical (unpaired) electrons. The normalized spacial score (nSPS) is 24.2. The molecule has 0 N–H and O–H groups in total. The van der Waals surface area contributed by atoms with Gasteiger partial charge in [0, 0.05) is 40.3 Å². The number of urea groups is 1. The molecule has 1 atom stereocenters. The van der Waals surface area contributed by atoms with E-state index in [1.807, 2.05) is 4.90 Å². The molecule has 2 heterocycles. The number of carbonyl (C=O) groups excluding carboxylic acids is 2. The van der Waals surface area contributed by atoms with Crippen LogP contribution in [0.25, 0.3) is 0 Å². The van der Waals surface area contributed by atoms with Crippen molar-refractivity contribution in [2.45, 2.75) is 19.3 Å². The van der Waals surface area contributed by atoms with Crippen LogP contribution in [0.5, 0.6) is 0 Å². The van der Waals surface area contributed by atoms with Crippen molar-refractivity contribution < 1.29 is 9.59 Å². The second-order valence-electron chi connectivity index (χ2n) is 5.14. The Morgan fingerprint density at radius 1 is 1.06 bits per heavy atom. The molecule has 2 aliphatic rings. The second-order valence-corrected chi connectivity index (χ2v) is 5.14. The van der Waals surface area contributed by atoms with Gasteiger partial charge < -0.3 is 14.7 Å². The lowest BCUT2D eigenvalue weighted by atomic mass is 10.1. The van der Waals surface area contributed by atoms with Crippen molar-refractivity contribution in [2.24, 2.45) is 5.92 Å². The summed E-state index contributed by atoms with van der Waals surface area (Å²) in [5.74, 6) is 0.272. The molecule has 0 aromatic carbocycles. The van der Waals surface area contributed by atoms with Gasteiger partial charge in [-0.25, -0.2) is 4.79 Å². The van der Waals surface area contributed by atoms with Crippen LogP contribution in [0, 0.1) is 5.92 Å². The Kier molecular flexibility index (Phi) is 3.54. The van der Waals surface area contributed by atoms with E-state index in [1.165, 1.54) is 0 Å². The molecular weight excluding hydrogens is 218 g/mol. The maximum absolute atomic E-state index is 12.2. The first-order valence-corrected chi connectivity index (χ1v) is 6.34. The second kappa shape index (κ2) is 4.94. The molecule has 2 saturated heterocycles. The molecule has 5 nitrogen and oxygen atoms in total. The first-order valence-electron chi connectivity index (χ1n) is 6.34. The van der Waals surface area contributed by atoms with Gasteiger partial charge in [-0.15, -0.1) is 0 Å². The largest absolute Gasteiger partial charge is 0.342 e. The molecule has 0 bridgehead atoms. The van der Waals surface area contributed by atoms with Crippen LogP contribution in [0.15, 0.2) is 0 Å². The van der Waals surface area contributed by atoms with E-state index in [0.717, 1.165) is 32.4 Å². The summed E-state index contributed by atoms with van der Waals surface area (Å²) in [4.78, 5) is 29.2. The monoisotopic (exact) mass is 239 g/mol. The molecule has 0 aromatic rings. The van der Waals surface area contributed by atoms with Crippen LogP contribution >= 0.6 is 0 Å². The Morgan fingerprint density at radius 2 is 1.71 bits per heavy atom. The van der Waals surface area contributed by atoms with E-state index in [2.05, 4.69) is 0 Å². The molecule has 2 rings (SSSR count). The fourth-order valence-electron chi connectivity index (χ4n) is 2.61. The van der Waals surface area contributed by atoms with Gasteiger partial charge >= 0.3 is 6.03 Å². The average molecular weight is 239 g/mol. The van der Waals surface area contributed by atoms with Crippen LogP contribution in [0.3, 0.4) is 0 Å². The number of amides is 3. The minimum Gasteiger partial charge on any atom is -0.342 e. The number of hydrogen-bond donors (Lipinski definition) is 0. The van der Waals surface area contributed by atoms with Crippen LogP contribution in [-0.4, -0.2) is 66.9 Å². The fourth-order valence-corrected chi connectivity index (χ4v) is 2.61. The van der Waals surface area contributed by atoms with Crippen LogP contribution < -0.4 is 0 Å². The minimum atomic E-state index is 0.0155. The van der Waals surface area contributed by atoms with E-state index in [0.29, 0.717) is 13.1 Å². The highest BCUT2D eigenvalue weighted by Crippen LogP contribution is 2.21. The summed E-state index contributed by atoms with van der Waals surface area (Å²) in [7, 11) is 3.50. The van der Waals surface area contributed by atoms with Gasteiger partial charge in [0.25, 0.3) is 0 Å². The van der Waals surface area contributed by atoms with Crippen molar-refractivity contribution in [3.63, 3.8) is 0 Å². The van der Waals surface area contributed by atoms with Crippen LogP contribution in [0.1, 0.15) is 19.3 Å². The molecular formula is C12H21N3O2. The van der Waals surface area contributed by atoms with Crippen molar-refractivity contribution in [2.75, 3.05) is 40.3 Å².